The molecule has 0 radical (unpaired) electrons. The number of aryl methyl sites for hydroxylation is 1. The lowest BCUT2D eigenvalue weighted by molar-refractivity contribution is -0.122. The lowest BCUT2D eigenvalue weighted by Crippen LogP contribution is -2.28. The maximum absolute atomic E-state index is 14.0. The molecule has 1 saturated heterocycles. The average molecular weight is 395 g/mol. The van der Waals surface area contributed by atoms with Gasteiger partial charge in [-0.15, -0.1) is 0 Å². The zero-order valence-electron chi connectivity index (χ0n) is 16.4. The molecule has 2 aliphatic rings. The van der Waals surface area contributed by atoms with E-state index in [4.69, 9.17) is 0 Å². The van der Waals surface area contributed by atoms with Crippen LogP contribution in [-0.4, -0.2) is 30.8 Å². The molecule has 0 saturated carbocycles. The lowest BCUT2D eigenvalue weighted by atomic mass is 10.1. The van der Waals surface area contributed by atoms with Gasteiger partial charge in [-0.05, 0) is 54.8 Å². The first-order valence-corrected chi connectivity index (χ1v) is 9.62. The van der Waals surface area contributed by atoms with Gasteiger partial charge in [-0.3, -0.25) is 14.4 Å². The first kappa shape index (κ1) is 19.1. The molecule has 150 valence electrons. The van der Waals surface area contributed by atoms with E-state index >= 15 is 0 Å². The van der Waals surface area contributed by atoms with Gasteiger partial charge in [0.15, 0.2) is 0 Å². The van der Waals surface area contributed by atoms with Crippen LogP contribution in [0.5, 0.6) is 0 Å². The van der Waals surface area contributed by atoms with Crippen molar-refractivity contribution >= 4 is 34.8 Å². The zero-order valence-corrected chi connectivity index (χ0v) is 16.4. The smallest absolute Gasteiger partial charge is 0.229 e. The highest BCUT2D eigenvalue weighted by Crippen LogP contribution is 2.34. The van der Waals surface area contributed by atoms with Crippen LogP contribution < -0.4 is 15.1 Å². The van der Waals surface area contributed by atoms with E-state index < -0.39 is 11.7 Å². The molecule has 0 aromatic heterocycles. The molecule has 2 heterocycles. The summed E-state index contributed by atoms with van der Waals surface area (Å²) in [6.45, 7) is 4.18. The minimum absolute atomic E-state index is 0.00572. The molecular formula is C22H22FN3O3. The van der Waals surface area contributed by atoms with E-state index in [2.05, 4.69) is 5.32 Å². The van der Waals surface area contributed by atoms with Gasteiger partial charge in [0.2, 0.25) is 17.7 Å². The molecule has 3 amide bonds. The van der Waals surface area contributed by atoms with Crippen molar-refractivity contribution in [1.29, 1.82) is 0 Å². The topological polar surface area (TPSA) is 69.7 Å². The summed E-state index contributed by atoms with van der Waals surface area (Å²) in [7, 11) is 0. The molecule has 6 nitrogen and oxygen atoms in total. The Morgan fingerprint density at radius 1 is 1.17 bits per heavy atom. The monoisotopic (exact) mass is 395 g/mol. The first-order valence-electron chi connectivity index (χ1n) is 9.62. The number of nitrogens with one attached hydrogen (secondary N) is 1. The molecule has 2 aliphatic heterocycles. The summed E-state index contributed by atoms with van der Waals surface area (Å²) < 4.78 is 14.0. The number of nitrogens with zero attached hydrogens (tertiary/aromatic N) is 2. The standard InChI is InChI=1S/C22H22FN3O3/c1-13-3-5-19(18(23)9-13)24-22(29)16-11-21(28)26(12-16)17-4-6-20-15(10-17)7-8-25(20)14(2)27/h3-6,9-10,16H,7-8,11-12H2,1-2H3,(H,24,29)/t16-/m0/s1. The van der Waals surface area contributed by atoms with E-state index in [0.29, 0.717) is 6.54 Å². The fourth-order valence-electron chi connectivity index (χ4n) is 3.97. The van der Waals surface area contributed by atoms with Gasteiger partial charge in [0.25, 0.3) is 0 Å². The quantitative estimate of drug-likeness (QED) is 0.869. The van der Waals surface area contributed by atoms with Crippen LogP contribution in [0.2, 0.25) is 0 Å². The summed E-state index contributed by atoms with van der Waals surface area (Å²) in [6, 6.07) is 10.2. The van der Waals surface area contributed by atoms with Gasteiger partial charge in [-0.25, -0.2) is 4.39 Å². The van der Waals surface area contributed by atoms with Crippen molar-refractivity contribution in [2.24, 2.45) is 5.92 Å². The third-order valence-corrected chi connectivity index (χ3v) is 5.53. The van der Waals surface area contributed by atoms with Crippen molar-refractivity contribution in [2.45, 2.75) is 26.7 Å². The van der Waals surface area contributed by atoms with Gasteiger partial charge in [0.05, 0.1) is 11.6 Å². The highest BCUT2D eigenvalue weighted by Gasteiger charge is 2.36. The fourth-order valence-corrected chi connectivity index (χ4v) is 3.97. The van der Waals surface area contributed by atoms with Gasteiger partial charge < -0.3 is 15.1 Å². The normalized spacial score (nSPS) is 18.2. The number of hydrogen-bond donors (Lipinski definition) is 1. The minimum atomic E-state index is -0.551. The number of carbonyl (C=O) groups is 3. The van der Waals surface area contributed by atoms with Crippen LogP contribution in [-0.2, 0) is 20.8 Å². The predicted octanol–water partition coefficient (Wildman–Crippen LogP) is 3.03. The minimum Gasteiger partial charge on any atom is -0.323 e. The zero-order chi connectivity index (χ0) is 20.7. The Bertz CT molecular complexity index is 1020. The molecule has 0 spiro atoms. The molecule has 2 aromatic carbocycles. The van der Waals surface area contributed by atoms with Crippen molar-refractivity contribution in [1.82, 2.24) is 0 Å². The van der Waals surface area contributed by atoms with Gasteiger partial charge >= 0.3 is 0 Å². The Hall–Kier alpha value is -3.22. The van der Waals surface area contributed by atoms with E-state index in [1.54, 1.807) is 28.9 Å². The summed E-state index contributed by atoms with van der Waals surface area (Å²) in [4.78, 5) is 40.1. The Labute approximate surface area is 168 Å². The van der Waals surface area contributed by atoms with Gasteiger partial charge in [0, 0.05) is 37.8 Å². The van der Waals surface area contributed by atoms with Crippen LogP contribution >= 0.6 is 0 Å². The largest absolute Gasteiger partial charge is 0.323 e. The van der Waals surface area contributed by atoms with Crippen molar-refractivity contribution in [3.8, 4) is 0 Å². The van der Waals surface area contributed by atoms with E-state index in [1.807, 2.05) is 12.1 Å². The third kappa shape index (κ3) is 3.60. The molecule has 1 fully saturated rings. The van der Waals surface area contributed by atoms with Crippen molar-refractivity contribution in [3.05, 3.63) is 53.3 Å². The van der Waals surface area contributed by atoms with Crippen molar-refractivity contribution in [2.75, 3.05) is 28.2 Å². The van der Waals surface area contributed by atoms with E-state index in [0.717, 1.165) is 28.9 Å². The molecule has 1 atom stereocenters. The van der Waals surface area contributed by atoms with Crippen molar-refractivity contribution < 1.29 is 18.8 Å². The average Bonchev–Trinajstić information content (AvgIpc) is 3.27. The lowest BCUT2D eigenvalue weighted by Gasteiger charge is -2.19. The van der Waals surface area contributed by atoms with Gasteiger partial charge in [-0.2, -0.15) is 0 Å². The maximum atomic E-state index is 14.0. The fraction of sp³-hybridized carbons (Fsp3) is 0.318. The molecule has 0 unspecified atom stereocenters. The molecule has 2 aromatic rings. The van der Waals surface area contributed by atoms with Crippen LogP contribution in [0.15, 0.2) is 36.4 Å². The van der Waals surface area contributed by atoms with E-state index in [-0.39, 0.29) is 36.4 Å². The SMILES string of the molecule is CC(=O)N1CCc2cc(N3C[C@@H](C(=O)Nc4ccc(C)cc4F)CC3=O)ccc21. The maximum Gasteiger partial charge on any atom is 0.229 e. The van der Waals surface area contributed by atoms with Crippen LogP contribution in [0.4, 0.5) is 21.5 Å². The van der Waals surface area contributed by atoms with E-state index in [9.17, 15) is 18.8 Å². The molecule has 4 rings (SSSR count). The summed E-state index contributed by atoms with van der Waals surface area (Å²) in [6.07, 6.45) is 0.817. The number of halogens is 1. The number of benzene rings is 2. The molecule has 0 aliphatic carbocycles. The summed E-state index contributed by atoms with van der Waals surface area (Å²) >= 11 is 0. The second-order valence-corrected chi connectivity index (χ2v) is 7.61. The number of carbonyl (C=O) groups excluding carboxylic acids is 3. The van der Waals surface area contributed by atoms with Gasteiger partial charge in [-0.1, -0.05) is 6.07 Å². The summed E-state index contributed by atoms with van der Waals surface area (Å²) in [5, 5.41) is 2.59. The van der Waals surface area contributed by atoms with Crippen LogP contribution in [0.1, 0.15) is 24.5 Å². The highest BCUT2D eigenvalue weighted by molar-refractivity contribution is 6.04. The Kier molecular flexibility index (Phi) is 4.82. The van der Waals surface area contributed by atoms with Crippen LogP contribution in [0.25, 0.3) is 0 Å². The number of rotatable bonds is 3. The van der Waals surface area contributed by atoms with Crippen LogP contribution in [0, 0.1) is 18.7 Å². The molecule has 0 bridgehead atoms. The molecule has 29 heavy (non-hydrogen) atoms. The van der Waals surface area contributed by atoms with Crippen LogP contribution in [0.3, 0.4) is 0 Å². The Morgan fingerprint density at radius 3 is 2.69 bits per heavy atom. The second kappa shape index (κ2) is 7.31. The number of hydrogen-bond acceptors (Lipinski definition) is 3. The highest BCUT2D eigenvalue weighted by atomic mass is 19.1. The number of amides is 3. The molecule has 1 N–H and O–H groups in total. The Morgan fingerprint density at radius 2 is 1.97 bits per heavy atom. The molecule has 7 heteroatoms. The summed E-state index contributed by atoms with van der Waals surface area (Å²) in [5.41, 5.74) is 3.49. The number of fused-ring (bicyclic) bond motifs is 1. The third-order valence-electron chi connectivity index (χ3n) is 5.53. The van der Waals surface area contributed by atoms with E-state index in [1.165, 1.54) is 19.1 Å². The molecular weight excluding hydrogens is 373 g/mol. The second-order valence-electron chi connectivity index (χ2n) is 7.61. The predicted molar refractivity (Wildman–Crippen MR) is 108 cm³/mol. The van der Waals surface area contributed by atoms with Gasteiger partial charge in [0.1, 0.15) is 5.82 Å². The van der Waals surface area contributed by atoms with Crippen molar-refractivity contribution in [3.63, 3.8) is 0 Å². The Balaban J connectivity index is 1.48. The first-order chi connectivity index (χ1) is 13.8. The number of anilines is 3. The summed E-state index contributed by atoms with van der Waals surface area (Å²) in [5.74, 6) is -1.56.